The Labute approximate surface area is 129 Å². The highest BCUT2D eigenvalue weighted by atomic mass is 127. The van der Waals surface area contributed by atoms with Crippen LogP contribution in [-0.2, 0) is 9.47 Å². The van der Waals surface area contributed by atoms with Crippen molar-refractivity contribution in [2.45, 2.75) is 6.42 Å². The van der Waals surface area contributed by atoms with Gasteiger partial charge in [-0.1, -0.05) is 12.1 Å². The van der Waals surface area contributed by atoms with E-state index in [2.05, 4.69) is 27.9 Å². The molecule has 1 N–H and O–H groups in total. The van der Waals surface area contributed by atoms with Gasteiger partial charge in [0, 0.05) is 20.3 Å². The summed E-state index contributed by atoms with van der Waals surface area (Å²) in [5.41, 5.74) is 0. The molecule has 0 radical (unpaired) electrons. The monoisotopic (exact) mass is 379 g/mol. The molecule has 1 aromatic rings. The standard InChI is InChI=1S/C14H22INO3/c1-17-9-4-7-16-8-10-18-11-12-19-14-6-3-2-5-13(14)15/h2-3,5-6,16H,4,7-12H2,1H3. The van der Waals surface area contributed by atoms with Crippen LogP contribution in [0.5, 0.6) is 5.75 Å². The molecule has 19 heavy (non-hydrogen) atoms. The van der Waals surface area contributed by atoms with Crippen molar-refractivity contribution in [1.82, 2.24) is 5.32 Å². The van der Waals surface area contributed by atoms with Crippen LogP contribution in [0.25, 0.3) is 0 Å². The summed E-state index contributed by atoms with van der Waals surface area (Å²) < 4.78 is 17.2. The van der Waals surface area contributed by atoms with Crippen LogP contribution in [0.2, 0.25) is 0 Å². The molecule has 1 rings (SSSR count). The number of rotatable bonds is 11. The molecule has 5 heteroatoms. The normalized spacial score (nSPS) is 10.6. The molecule has 0 unspecified atom stereocenters. The molecular weight excluding hydrogens is 357 g/mol. The molecule has 0 aliphatic rings. The molecule has 0 aliphatic heterocycles. The maximum atomic E-state index is 5.63. The third kappa shape index (κ3) is 8.41. The number of halogens is 1. The van der Waals surface area contributed by atoms with Crippen molar-refractivity contribution in [1.29, 1.82) is 0 Å². The first-order valence-corrected chi connectivity index (χ1v) is 7.57. The fourth-order valence-corrected chi connectivity index (χ4v) is 2.03. The Balaban J connectivity index is 1.90. The molecule has 0 aliphatic carbocycles. The van der Waals surface area contributed by atoms with Gasteiger partial charge in [0.2, 0.25) is 0 Å². The topological polar surface area (TPSA) is 39.7 Å². The van der Waals surface area contributed by atoms with Gasteiger partial charge in [0.1, 0.15) is 12.4 Å². The average Bonchev–Trinajstić information content (AvgIpc) is 2.43. The van der Waals surface area contributed by atoms with Gasteiger partial charge in [-0.05, 0) is 47.7 Å². The van der Waals surface area contributed by atoms with E-state index in [1.807, 2.05) is 24.3 Å². The van der Waals surface area contributed by atoms with Crippen LogP contribution in [0.4, 0.5) is 0 Å². The molecule has 0 fully saturated rings. The van der Waals surface area contributed by atoms with E-state index in [1.54, 1.807) is 7.11 Å². The van der Waals surface area contributed by atoms with E-state index in [0.717, 1.165) is 35.4 Å². The molecule has 4 nitrogen and oxygen atoms in total. The van der Waals surface area contributed by atoms with E-state index < -0.39 is 0 Å². The van der Waals surface area contributed by atoms with Crippen molar-refractivity contribution in [3.63, 3.8) is 0 Å². The lowest BCUT2D eigenvalue weighted by Crippen LogP contribution is -2.22. The second-order valence-electron chi connectivity index (χ2n) is 3.99. The second kappa shape index (κ2) is 11.5. The molecule has 0 heterocycles. The van der Waals surface area contributed by atoms with Crippen LogP contribution >= 0.6 is 22.6 Å². The van der Waals surface area contributed by atoms with Crippen LogP contribution in [0, 0.1) is 3.57 Å². The summed E-state index contributed by atoms with van der Waals surface area (Å²) in [5, 5.41) is 3.29. The van der Waals surface area contributed by atoms with E-state index in [-0.39, 0.29) is 0 Å². The van der Waals surface area contributed by atoms with Crippen LogP contribution in [-0.4, -0.2) is 46.6 Å². The second-order valence-corrected chi connectivity index (χ2v) is 5.15. The van der Waals surface area contributed by atoms with E-state index in [1.165, 1.54) is 0 Å². The van der Waals surface area contributed by atoms with Gasteiger partial charge in [0.15, 0.2) is 0 Å². The summed E-state index contributed by atoms with van der Waals surface area (Å²) in [5.74, 6) is 0.921. The van der Waals surface area contributed by atoms with Crippen molar-refractivity contribution in [3.8, 4) is 5.75 Å². The van der Waals surface area contributed by atoms with Gasteiger partial charge in [-0.2, -0.15) is 0 Å². The van der Waals surface area contributed by atoms with Gasteiger partial charge in [-0.15, -0.1) is 0 Å². The zero-order valence-corrected chi connectivity index (χ0v) is 13.5. The lowest BCUT2D eigenvalue weighted by Gasteiger charge is -2.09. The number of ether oxygens (including phenoxy) is 3. The average molecular weight is 379 g/mol. The smallest absolute Gasteiger partial charge is 0.132 e. The Morgan fingerprint density at radius 3 is 2.68 bits per heavy atom. The lowest BCUT2D eigenvalue weighted by molar-refractivity contribution is 0.101. The summed E-state index contributed by atoms with van der Waals surface area (Å²) in [6, 6.07) is 7.97. The number of methoxy groups -OCH3 is 1. The zero-order chi connectivity index (χ0) is 13.8. The lowest BCUT2D eigenvalue weighted by atomic mass is 10.3. The molecule has 0 aromatic heterocycles. The Morgan fingerprint density at radius 2 is 1.89 bits per heavy atom. The summed E-state index contributed by atoms with van der Waals surface area (Å²) in [7, 11) is 1.72. The Bertz CT molecular complexity index is 336. The largest absolute Gasteiger partial charge is 0.490 e. The maximum Gasteiger partial charge on any atom is 0.132 e. The first kappa shape index (κ1) is 16.7. The highest BCUT2D eigenvalue weighted by molar-refractivity contribution is 14.1. The number of hydrogen-bond donors (Lipinski definition) is 1. The Morgan fingerprint density at radius 1 is 1.05 bits per heavy atom. The third-order valence-corrected chi connectivity index (χ3v) is 3.34. The minimum absolute atomic E-state index is 0.587. The van der Waals surface area contributed by atoms with Crippen LogP contribution < -0.4 is 10.1 Å². The molecule has 0 saturated heterocycles. The third-order valence-electron chi connectivity index (χ3n) is 2.45. The van der Waals surface area contributed by atoms with E-state index >= 15 is 0 Å². The van der Waals surface area contributed by atoms with Crippen molar-refractivity contribution in [2.75, 3.05) is 46.6 Å². The predicted octanol–water partition coefficient (Wildman–Crippen LogP) is 2.31. The fourth-order valence-electron chi connectivity index (χ4n) is 1.49. The highest BCUT2D eigenvalue weighted by Gasteiger charge is 1.98. The molecule has 0 saturated carbocycles. The minimum Gasteiger partial charge on any atom is -0.490 e. The van der Waals surface area contributed by atoms with Crippen LogP contribution in [0.15, 0.2) is 24.3 Å². The minimum atomic E-state index is 0.587. The number of hydrogen-bond acceptors (Lipinski definition) is 4. The van der Waals surface area contributed by atoms with E-state index in [0.29, 0.717) is 19.8 Å². The first-order chi connectivity index (χ1) is 9.34. The van der Waals surface area contributed by atoms with Gasteiger partial charge >= 0.3 is 0 Å². The molecule has 0 amide bonds. The van der Waals surface area contributed by atoms with E-state index in [4.69, 9.17) is 14.2 Å². The van der Waals surface area contributed by atoms with Gasteiger partial charge < -0.3 is 19.5 Å². The van der Waals surface area contributed by atoms with Crippen molar-refractivity contribution >= 4 is 22.6 Å². The fraction of sp³-hybridized carbons (Fsp3) is 0.571. The van der Waals surface area contributed by atoms with Gasteiger partial charge in [0.25, 0.3) is 0 Å². The van der Waals surface area contributed by atoms with Gasteiger partial charge in [-0.3, -0.25) is 0 Å². The Kier molecular flexibility index (Phi) is 10.1. The Hall–Kier alpha value is -0.370. The highest BCUT2D eigenvalue weighted by Crippen LogP contribution is 2.19. The zero-order valence-electron chi connectivity index (χ0n) is 11.4. The molecule has 108 valence electrons. The van der Waals surface area contributed by atoms with Gasteiger partial charge in [-0.25, -0.2) is 0 Å². The SMILES string of the molecule is COCCCNCCOCCOc1ccccc1I. The van der Waals surface area contributed by atoms with E-state index in [9.17, 15) is 0 Å². The predicted molar refractivity (Wildman–Crippen MR) is 84.8 cm³/mol. The summed E-state index contributed by atoms with van der Waals surface area (Å²) in [6.45, 7) is 4.55. The summed E-state index contributed by atoms with van der Waals surface area (Å²) >= 11 is 2.26. The van der Waals surface area contributed by atoms with Crippen molar-refractivity contribution in [3.05, 3.63) is 27.8 Å². The molecular formula is C14H22INO3. The van der Waals surface area contributed by atoms with Gasteiger partial charge in [0.05, 0.1) is 16.8 Å². The van der Waals surface area contributed by atoms with Crippen LogP contribution in [0.3, 0.4) is 0 Å². The molecule has 0 spiro atoms. The molecule has 1 aromatic carbocycles. The first-order valence-electron chi connectivity index (χ1n) is 6.49. The maximum absolute atomic E-state index is 5.63. The van der Waals surface area contributed by atoms with Crippen molar-refractivity contribution in [2.24, 2.45) is 0 Å². The van der Waals surface area contributed by atoms with Crippen molar-refractivity contribution < 1.29 is 14.2 Å². The molecule has 0 bridgehead atoms. The van der Waals surface area contributed by atoms with Crippen LogP contribution in [0.1, 0.15) is 6.42 Å². The summed E-state index contributed by atoms with van der Waals surface area (Å²) in [4.78, 5) is 0. The number of nitrogens with one attached hydrogen (secondary N) is 1. The number of benzene rings is 1. The molecule has 0 atom stereocenters. The summed E-state index contributed by atoms with van der Waals surface area (Å²) in [6.07, 6.45) is 1.03. The number of para-hydroxylation sites is 1. The quantitative estimate of drug-likeness (QED) is 0.473.